The van der Waals surface area contributed by atoms with E-state index < -0.39 is 0 Å². The molecule has 0 atom stereocenters. The van der Waals surface area contributed by atoms with Crippen LogP contribution in [0.1, 0.15) is 30.9 Å². The molecule has 0 saturated heterocycles. The van der Waals surface area contributed by atoms with Crippen LogP contribution in [0.25, 0.3) is 10.9 Å². The zero-order chi connectivity index (χ0) is 12.6. The molecule has 0 fully saturated rings. The van der Waals surface area contributed by atoms with Gasteiger partial charge in [0.1, 0.15) is 0 Å². The molecule has 0 amide bonds. The molecule has 1 heterocycles. The van der Waals surface area contributed by atoms with E-state index in [1.807, 2.05) is 6.07 Å². The highest BCUT2D eigenvalue weighted by Gasteiger charge is 2.14. The first kappa shape index (κ1) is 12.5. The van der Waals surface area contributed by atoms with Crippen molar-refractivity contribution in [2.75, 3.05) is 6.54 Å². The van der Waals surface area contributed by atoms with Crippen molar-refractivity contribution in [1.82, 2.24) is 4.57 Å². The van der Waals surface area contributed by atoms with Crippen LogP contribution < -0.4 is 5.73 Å². The van der Waals surface area contributed by atoms with Crippen molar-refractivity contribution in [3.05, 3.63) is 34.5 Å². The topological polar surface area (TPSA) is 30.9 Å². The van der Waals surface area contributed by atoms with Crippen LogP contribution in [-0.2, 0) is 6.54 Å². The van der Waals surface area contributed by atoms with Gasteiger partial charge >= 0.3 is 0 Å². The molecule has 0 aliphatic rings. The molecule has 2 nitrogen and oxygen atoms in total. The third-order valence-corrected chi connectivity index (χ3v) is 3.66. The zero-order valence-electron chi connectivity index (χ0n) is 10.6. The molecule has 0 unspecified atom stereocenters. The van der Waals surface area contributed by atoms with Crippen molar-refractivity contribution < 1.29 is 0 Å². The Morgan fingerprint density at radius 2 is 2.06 bits per heavy atom. The minimum Gasteiger partial charge on any atom is -0.346 e. The molecule has 0 spiro atoms. The van der Waals surface area contributed by atoms with Gasteiger partial charge in [0, 0.05) is 29.7 Å². The molecule has 0 aliphatic heterocycles. The minimum atomic E-state index is 0.511. The van der Waals surface area contributed by atoms with E-state index in [2.05, 4.69) is 37.6 Å². The average molecular weight is 251 g/mol. The van der Waals surface area contributed by atoms with Crippen LogP contribution in [0.3, 0.4) is 0 Å². The minimum absolute atomic E-state index is 0.511. The van der Waals surface area contributed by atoms with Crippen LogP contribution in [-0.4, -0.2) is 11.1 Å². The van der Waals surface area contributed by atoms with Gasteiger partial charge in [-0.05, 0) is 30.0 Å². The van der Waals surface area contributed by atoms with Crippen LogP contribution >= 0.6 is 11.6 Å². The van der Waals surface area contributed by atoms with Gasteiger partial charge in [0.05, 0.1) is 5.52 Å². The highest BCUT2D eigenvalue weighted by Crippen LogP contribution is 2.32. The maximum atomic E-state index is 6.20. The number of aromatic nitrogens is 1. The number of benzene rings is 1. The summed E-state index contributed by atoms with van der Waals surface area (Å²) in [6.07, 6.45) is 2.21. The Bertz CT molecular complexity index is 541. The predicted octanol–water partition coefficient (Wildman–Crippen LogP) is 3.69. The fourth-order valence-electron chi connectivity index (χ4n) is 2.36. The Morgan fingerprint density at radius 3 is 2.65 bits per heavy atom. The molecule has 1 aromatic heterocycles. The molecule has 2 N–H and O–H groups in total. The summed E-state index contributed by atoms with van der Waals surface area (Å²) in [6.45, 7) is 7.98. The molecular weight excluding hydrogens is 232 g/mol. The first-order chi connectivity index (χ1) is 8.06. The van der Waals surface area contributed by atoms with Crippen molar-refractivity contribution in [2.24, 2.45) is 5.73 Å². The second-order valence-electron chi connectivity index (χ2n) is 4.79. The van der Waals surface area contributed by atoms with Crippen LogP contribution in [0, 0.1) is 6.92 Å². The number of hydrogen-bond acceptors (Lipinski definition) is 1. The van der Waals surface area contributed by atoms with Gasteiger partial charge < -0.3 is 10.3 Å². The number of hydrogen-bond donors (Lipinski definition) is 1. The van der Waals surface area contributed by atoms with E-state index in [0.29, 0.717) is 12.5 Å². The van der Waals surface area contributed by atoms with Crippen molar-refractivity contribution in [1.29, 1.82) is 0 Å². The van der Waals surface area contributed by atoms with E-state index in [4.69, 9.17) is 17.3 Å². The van der Waals surface area contributed by atoms with Gasteiger partial charge in [0.2, 0.25) is 0 Å². The van der Waals surface area contributed by atoms with E-state index in [1.165, 1.54) is 16.5 Å². The van der Waals surface area contributed by atoms with Gasteiger partial charge in [-0.15, -0.1) is 0 Å². The molecule has 2 rings (SSSR count). The Morgan fingerprint density at radius 1 is 1.35 bits per heavy atom. The molecule has 92 valence electrons. The Kier molecular flexibility index (Phi) is 3.45. The largest absolute Gasteiger partial charge is 0.346 e. The number of fused-ring (bicyclic) bond motifs is 1. The summed E-state index contributed by atoms with van der Waals surface area (Å²) in [6, 6.07) is 4.10. The average Bonchev–Trinajstić information content (AvgIpc) is 2.64. The summed E-state index contributed by atoms with van der Waals surface area (Å²) in [7, 11) is 0. The third kappa shape index (κ3) is 2.07. The van der Waals surface area contributed by atoms with Crippen LogP contribution in [0.2, 0.25) is 5.02 Å². The second-order valence-corrected chi connectivity index (χ2v) is 5.20. The molecule has 1 aromatic carbocycles. The summed E-state index contributed by atoms with van der Waals surface area (Å²) in [5.74, 6) is 0.511. The van der Waals surface area contributed by atoms with Crippen molar-refractivity contribution >= 4 is 22.5 Å². The lowest BCUT2D eigenvalue weighted by Crippen LogP contribution is -2.09. The van der Waals surface area contributed by atoms with Crippen molar-refractivity contribution in [2.45, 2.75) is 33.2 Å². The van der Waals surface area contributed by atoms with E-state index in [9.17, 15) is 0 Å². The third-order valence-electron chi connectivity index (χ3n) is 3.25. The normalized spacial score (nSPS) is 11.6. The van der Waals surface area contributed by atoms with E-state index in [-0.39, 0.29) is 0 Å². The van der Waals surface area contributed by atoms with E-state index in [0.717, 1.165) is 17.1 Å². The molecule has 0 bridgehead atoms. The van der Waals surface area contributed by atoms with Crippen LogP contribution in [0.4, 0.5) is 0 Å². The second kappa shape index (κ2) is 4.71. The van der Waals surface area contributed by atoms with Gasteiger partial charge in [-0.25, -0.2) is 0 Å². The molecular formula is C14H19ClN2. The molecule has 3 heteroatoms. The number of aryl methyl sites for hydroxylation is 1. The maximum Gasteiger partial charge on any atom is 0.0528 e. The zero-order valence-corrected chi connectivity index (χ0v) is 11.4. The number of nitrogens with two attached hydrogens (primary N) is 1. The number of nitrogens with zero attached hydrogens (tertiary/aromatic N) is 1. The van der Waals surface area contributed by atoms with Gasteiger partial charge in [-0.1, -0.05) is 31.5 Å². The summed E-state index contributed by atoms with van der Waals surface area (Å²) in [4.78, 5) is 0. The van der Waals surface area contributed by atoms with Crippen molar-refractivity contribution in [3.63, 3.8) is 0 Å². The highest BCUT2D eigenvalue weighted by atomic mass is 35.5. The number of rotatable bonds is 3. The standard InChI is InChI=1S/C14H19ClN2/c1-9(2)12-8-17(7-6-16)14-10(3)13(15)5-4-11(12)14/h4-5,8-9H,6-7,16H2,1-3H3. The summed E-state index contributed by atoms with van der Waals surface area (Å²) >= 11 is 6.20. The molecule has 2 aromatic rings. The smallest absolute Gasteiger partial charge is 0.0528 e. The Hall–Kier alpha value is -0.990. The van der Waals surface area contributed by atoms with Gasteiger partial charge in [0.15, 0.2) is 0 Å². The van der Waals surface area contributed by atoms with Gasteiger partial charge in [0.25, 0.3) is 0 Å². The van der Waals surface area contributed by atoms with Crippen LogP contribution in [0.15, 0.2) is 18.3 Å². The van der Waals surface area contributed by atoms with Gasteiger partial charge in [-0.2, -0.15) is 0 Å². The maximum absolute atomic E-state index is 6.20. The molecule has 0 radical (unpaired) electrons. The first-order valence-corrected chi connectivity index (χ1v) is 6.42. The first-order valence-electron chi connectivity index (χ1n) is 6.04. The van der Waals surface area contributed by atoms with Crippen molar-refractivity contribution in [3.8, 4) is 0 Å². The molecule has 0 saturated carbocycles. The van der Waals surface area contributed by atoms with Gasteiger partial charge in [-0.3, -0.25) is 0 Å². The SMILES string of the molecule is Cc1c(Cl)ccc2c(C(C)C)cn(CCN)c12. The fourth-order valence-corrected chi connectivity index (χ4v) is 2.51. The molecule has 0 aliphatic carbocycles. The fraction of sp³-hybridized carbons (Fsp3) is 0.429. The van der Waals surface area contributed by atoms with E-state index in [1.54, 1.807) is 0 Å². The Labute approximate surface area is 107 Å². The summed E-state index contributed by atoms with van der Waals surface area (Å²) in [5, 5.41) is 2.12. The lowest BCUT2D eigenvalue weighted by atomic mass is 10.0. The van der Waals surface area contributed by atoms with E-state index >= 15 is 0 Å². The highest BCUT2D eigenvalue weighted by molar-refractivity contribution is 6.32. The summed E-state index contributed by atoms with van der Waals surface area (Å²) in [5.41, 5.74) is 9.41. The number of halogens is 1. The quantitative estimate of drug-likeness (QED) is 0.885. The lowest BCUT2D eigenvalue weighted by Gasteiger charge is -2.07. The summed E-state index contributed by atoms with van der Waals surface area (Å²) < 4.78 is 2.23. The molecule has 17 heavy (non-hydrogen) atoms. The predicted molar refractivity (Wildman–Crippen MR) is 74.8 cm³/mol. The Balaban J connectivity index is 2.76. The monoisotopic (exact) mass is 250 g/mol. The lowest BCUT2D eigenvalue weighted by molar-refractivity contribution is 0.726. The van der Waals surface area contributed by atoms with Crippen LogP contribution in [0.5, 0.6) is 0 Å².